The molecule has 0 radical (unpaired) electrons. The molecular formula is C18H15BrN4O3S. The van der Waals surface area contributed by atoms with Gasteiger partial charge in [-0.05, 0) is 41.8 Å². The highest BCUT2D eigenvalue weighted by molar-refractivity contribution is 9.10. The number of aromatic nitrogens is 2. The lowest BCUT2D eigenvalue weighted by Gasteiger charge is -2.27. The second-order valence-electron chi connectivity index (χ2n) is 6.05. The van der Waals surface area contributed by atoms with E-state index in [9.17, 15) is 14.7 Å². The monoisotopic (exact) mass is 446 g/mol. The highest BCUT2D eigenvalue weighted by atomic mass is 79.9. The average molecular weight is 447 g/mol. The molecule has 0 saturated heterocycles. The molecule has 2 N–H and O–H groups in total. The summed E-state index contributed by atoms with van der Waals surface area (Å²) in [6.45, 7) is 0.705. The van der Waals surface area contributed by atoms with Gasteiger partial charge in [-0.3, -0.25) is 5.32 Å². The van der Waals surface area contributed by atoms with Crippen molar-refractivity contribution in [1.29, 1.82) is 0 Å². The summed E-state index contributed by atoms with van der Waals surface area (Å²) in [6, 6.07) is 11.0. The zero-order chi connectivity index (χ0) is 19.0. The molecule has 3 aromatic rings. The highest BCUT2D eigenvalue weighted by Gasteiger charge is 2.30. The normalized spacial score (nSPS) is 13.3. The minimum Gasteiger partial charge on any atom is -0.476 e. The van der Waals surface area contributed by atoms with Crippen LogP contribution in [-0.4, -0.2) is 38.3 Å². The number of hydrogen-bond donors (Lipinski definition) is 2. The molecule has 0 spiro atoms. The van der Waals surface area contributed by atoms with Crippen molar-refractivity contribution in [3.8, 4) is 5.69 Å². The molecule has 138 valence electrons. The number of aromatic carboxylic acids is 1. The van der Waals surface area contributed by atoms with Crippen LogP contribution in [0.1, 0.15) is 21.7 Å². The number of nitrogens with one attached hydrogen (secondary N) is 1. The maximum atomic E-state index is 12.5. The maximum Gasteiger partial charge on any atom is 0.356 e. The Morgan fingerprint density at radius 1 is 1.22 bits per heavy atom. The zero-order valence-electron chi connectivity index (χ0n) is 14.1. The molecule has 1 aromatic carbocycles. The maximum absolute atomic E-state index is 12.5. The third kappa shape index (κ3) is 3.47. The van der Waals surface area contributed by atoms with Crippen molar-refractivity contribution in [3.05, 3.63) is 63.2 Å². The van der Waals surface area contributed by atoms with E-state index in [-0.39, 0.29) is 18.3 Å². The van der Waals surface area contributed by atoms with Gasteiger partial charge in [0.1, 0.15) is 0 Å². The Hall–Kier alpha value is -2.65. The third-order valence-electron chi connectivity index (χ3n) is 4.37. The van der Waals surface area contributed by atoms with Crippen molar-refractivity contribution in [2.75, 3.05) is 11.9 Å². The van der Waals surface area contributed by atoms with E-state index in [1.807, 2.05) is 41.8 Å². The lowest BCUT2D eigenvalue weighted by molar-refractivity contribution is 0.0687. The molecular weight excluding hydrogens is 432 g/mol. The fraction of sp³-hybridized carbons (Fsp3) is 0.167. The quantitative estimate of drug-likeness (QED) is 0.636. The van der Waals surface area contributed by atoms with Crippen LogP contribution in [0.5, 0.6) is 0 Å². The van der Waals surface area contributed by atoms with Crippen LogP contribution in [0, 0.1) is 0 Å². The van der Waals surface area contributed by atoms with Gasteiger partial charge in [0.15, 0.2) is 5.69 Å². The van der Waals surface area contributed by atoms with Gasteiger partial charge in [-0.2, -0.15) is 5.10 Å². The van der Waals surface area contributed by atoms with Gasteiger partial charge in [0.05, 0.1) is 22.9 Å². The first-order chi connectivity index (χ1) is 13.0. The predicted molar refractivity (Wildman–Crippen MR) is 106 cm³/mol. The summed E-state index contributed by atoms with van der Waals surface area (Å²) in [5.74, 6) is -1.09. The number of anilines is 1. The Morgan fingerprint density at radius 3 is 2.67 bits per heavy atom. The lowest BCUT2D eigenvalue weighted by Crippen LogP contribution is -2.39. The largest absolute Gasteiger partial charge is 0.476 e. The van der Waals surface area contributed by atoms with E-state index in [1.165, 1.54) is 11.3 Å². The first kappa shape index (κ1) is 17.7. The molecule has 0 unspecified atom stereocenters. The smallest absolute Gasteiger partial charge is 0.356 e. The molecule has 2 aromatic heterocycles. The first-order valence-electron chi connectivity index (χ1n) is 8.22. The number of rotatable bonds is 3. The van der Waals surface area contributed by atoms with E-state index in [0.717, 1.165) is 20.9 Å². The molecule has 0 bridgehead atoms. The third-order valence-corrected chi connectivity index (χ3v) is 5.68. The molecule has 27 heavy (non-hydrogen) atoms. The zero-order valence-corrected chi connectivity index (χ0v) is 16.5. The number of urea groups is 1. The Morgan fingerprint density at radius 2 is 2.00 bits per heavy atom. The van der Waals surface area contributed by atoms with Crippen molar-refractivity contribution >= 4 is 44.3 Å². The van der Waals surface area contributed by atoms with Crippen molar-refractivity contribution in [3.63, 3.8) is 0 Å². The summed E-state index contributed by atoms with van der Waals surface area (Å²) < 4.78 is 2.60. The molecule has 9 heteroatoms. The Kier molecular flexibility index (Phi) is 4.71. The van der Waals surface area contributed by atoms with Gasteiger partial charge < -0.3 is 10.0 Å². The standard InChI is InChI=1S/C18H15BrN4O3S/c19-11-3-5-12(6-4-11)23-14-7-8-22(10-13(14)16(21-23)17(24)25)18(26)20-15-2-1-9-27-15/h1-6,9H,7-8,10H2,(H,20,26)(H,24,25). The van der Waals surface area contributed by atoms with Gasteiger partial charge in [0.25, 0.3) is 0 Å². The topological polar surface area (TPSA) is 87.5 Å². The van der Waals surface area contributed by atoms with Gasteiger partial charge in [-0.25, -0.2) is 14.3 Å². The summed E-state index contributed by atoms with van der Waals surface area (Å²) >= 11 is 4.83. The molecule has 2 amide bonds. The lowest BCUT2D eigenvalue weighted by atomic mass is 10.1. The number of carboxylic acid groups (broad SMARTS) is 1. The van der Waals surface area contributed by atoms with Gasteiger partial charge in [-0.15, -0.1) is 11.3 Å². The van der Waals surface area contributed by atoms with Crippen LogP contribution in [-0.2, 0) is 13.0 Å². The minimum absolute atomic E-state index is 0.0125. The van der Waals surface area contributed by atoms with Crippen molar-refractivity contribution < 1.29 is 14.7 Å². The van der Waals surface area contributed by atoms with E-state index < -0.39 is 5.97 Å². The van der Waals surface area contributed by atoms with E-state index in [1.54, 1.807) is 9.58 Å². The van der Waals surface area contributed by atoms with Gasteiger partial charge in [-0.1, -0.05) is 15.9 Å². The Balaban J connectivity index is 1.65. The second kappa shape index (κ2) is 7.16. The number of hydrogen-bond acceptors (Lipinski definition) is 4. The van der Waals surface area contributed by atoms with Crippen molar-refractivity contribution in [2.45, 2.75) is 13.0 Å². The van der Waals surface area contributed by atoms with Crippen molar-refractivity contribution in [2.24, 2.45) is 0 Å². The van der Waals surface area contributed by atoms with Gasteiger partial charge in [0, 0.05) is 23.0 Å². The van der Waals surface area contributed by atoms with E-state index in [0.29, 0.717) is 18.5 Å². The number of carbonyl (C=O) groups excluding carboxylic acids is 1. The Bertz CT molecular complexity index is 999. The number of amides is 2. The first-order valence-corrected chi connectivity index (χ1v) is 9.89. The van der Waals surface area contributed by atoms with Crippen LogP contribution >= 0.6 is 27.3 Å². The van der Waals surface area contributed by atoms with Crippen LogP contribution in [0.3, 0.4) is 0 Å². The number of nitrogens with zero attached hydrogens (tertiary/aromatic N) is 3. The van der Waals surface area contributed by atoms with E-state index >= 15 is 0 Å². The summed E-state index contributed by atoms with van der Waals surface area (Å²) in [7, 11) is 0. The Labute approximate surface area is 167 Å². The molecule has 1 aliphatic heterocycles. The predicted octanol–water partition coefficient (Wildman–Crippen LogP) is 3.98. The number of fused-ring (bicyclic) bond motifs is 1. The van der Waals surface area contributed by atoms with Crippen LogP contribution in [0.15, 0.2) is 46.3 Å². The number of thiophene rings is 1. The fourth-order valence-corrected chi connectivity index (χ4v) is 3.97. The van der Waals surface area contributed by atoms with Crippen LogP contribution in [0.25, 0.3) is 5.69 Å². The molecule has 3 heterocycles. The van der Waals surface area contributed by atoms with Crippen LogP contribution < -0.4 is 5.32 Å². The van der Waals surface area contributed by atoms with E-state index in [2.05, 4.69) is 26.3 Å². The molecule has 0 fully saturated rings. The molecule has 0 saturated carbocycles. The SMILES string of the molecule is O=C(O)c1nn(-c2ccc(Br)cc2)c2c1CN(C(=O)Nc1cccs1)CC2. The summed E-state index contributed by atoms with van der Waals surface area (Å²) in [4.78, 5) is 25.8. The van der Waals surface area contributed by atoms with Crippen molar-refractivity contribution in [1.82, 2.24) is 14.7 Å². The van der Waals surface area contributed by atoms with Gasteiger partial charge >= 0.3 is 12.0 Å². The van der Waals surface area contributed by atoms with E-state index in [4.69, 9.17) is 0 Å². The number of benzene rings is 1. The van der Waals surface area contributed by atoms with Crippen LogP contribution in [0.4, 0.5) is 9.80 Å². The molecule has 1 aliphatic rings. The summed E-state index contributed by atoms with van der Waals surface area (Å²) in [6.07, 6.45) is 0.531. The molecule has 7 nitrogen and oxygen atoms in total. The number of carboxylic acids is 1. The highest BCUT2D eigenvalue weighted by Crippen LogP contribution is 2.27. The average Bonchev–Trinajstić information content (AvgIpc) is 3.29. The minimum atomic E-state index is -1.09. The fourth-order valence-electron chi connectivity index (χ4n) is 3.09. The molecule has 4 rings (SSSR count). The summed E-state index contributed by atoms with van der Waals surface area (Å²) in [5.41, 5.74) is 2.19. The number of halogens is 1. The number of carbonyl (C=O) groups is 2. The van der Waals surface area contributed by atoms with Gasteiger partial charge in [0.2, 0.25) is 0 Å². The second-order valence-corrected chi connectivity index (χ2v) is 7.91. The molecule has 0 atom stereocenters. The summed E-state index contributed by atoms with van der Waals surface area (Å²) in [5, 5.41) is 19.4. The molecule has 0 aliphatic carbocycles. The van der Waals surface area contributed by atoms with Crippen LogP contribution in [0.2, 0.25) is 0 Å².